The molecule has 1 aromatic rings. The Kier molecular flexibility index (Phi) is 5.03. The van der Waals surface area contributed by atoms with Crippen LogP contribution in [0.2, 0.25) is 0 Å². The van der Waals surface area contributed by atoms with E-state index in [2.05, 4.69) is 11.6 Å². The Morgan fingerprint density at radius 1 is 1.67 bits per heavy atom. The normalized spacial score (nSPS) is 9.61. The molecule has 0 saturated heterocycles. The van der Waals surface area contributed by atoms with E-state index in [9.17, 15) is 4.79 Å². The fourth-order valence-corrected chi connectivity index (χ4v) is 1.51. The molecule has 5 heteroatoms. The second-order valence-electron chi connectivity index (χ2n) is 3.70. The van der Waals surface area contributed by atoms with E-state index < -0.39 is 0 Å². The first-order valence-electron chi connectivity index (χ1n) is 5.52. The van der Waals surface area contributed by atoms with Gasteiger partial charge in [-0.05, 0) is 19.1 Å². The maximum absolute atomic E-state index is 12.1. The van der Waals surface area contributed by atoms with E-state index in [-0.39, 0.29) is 24.8 Å². The fourth-order valence-electron chi connectivity index (χ4n) is 1.51. The van der Waals surface area contributed by atoms with Crippen LogP contribution in [-0.4, -0.2) is 40.6 Å². The zero-order valence-electron chi connectivity index (χ0n) is 10.3. The molecule has 0 bridgehead atoms. The molecule has 0 atom stereocenters. The average Bonchev–Trinajstić information content (AvgIpc) is 2.37. The molecule has 0 aliphatic carbocycles. The van der Waals surface area contributed by atoms with Gasteiger partial charge in [0.1, 0.15) is 11.8 Å². The van der Waals surface area contributed by atoms with Crippen LogP contribution >= 0.6 is 0 Å². The van der Waals surface area contributed by atoms with Crippen LogP contribution in [0.4, 0.5) is 0 Å². The van der Waals surface area contributed by atoms with Crippen LogP contribution in [0.3, 0.4) is 0 Å². The van der Waals surface area contributed by atoms with Gasteiger partial charge in [-0.15, -0.1) is 6.58 Å². The predicted octanol–water partition coefficient (Wildman–Crippen LogP) is 0.882. The van der Waals surface area contributed by atoms with Crippen molar-refractivity contribution < 1.29 is 9.90 Å². The van der Waals surface area contributed by atoms with Crippen molar-refractivity contribution in [1.29, 1.82) is 5.26 Å². The number of carbonyl (C=O) groups excluding carboxylic acids is 1. The second kappa shape index (κ2) is 6.52. The highest BCUT2D eigenvalue weighted by Gasteiger charge is 2.16. The van der Waals surface area contributed by atoms with E-state index in [4.69, 9.17) is 10.4 Å². The minimum atomic E-state index is -0.281. The largest absolute Gasteiger partial charge is 0.395 e. The van der Waals surface area contributed by atoms with Gasteiger partial charge in [0.05, 0.1) is 17.9 Å². The average molecular weight is 245 g/mol. The lowest BCUT2D eigenvalue weighted by atomic mass is 10.2. The summed E-state index contributed by atoms with van der Waals surface area (Å²) < 4.78 is 0. The molecule has 0 saturated carbocycles. The molecule has 0 aromatic carbocycles. The number of aromatic nitrogens is 1. The van der Waals surface area contributed by atoms with Crippen molar-refractivity contribution in [1.82, 2.24) is 9.88 Å². The molecule has 1 N–H and O–H groups in total. The summed E-state index contributed by atoms with van der Waals surface area (Å²) in [6.07, 6.45) is 1.59. The van der Waals surface area contributed by atoms with Crippen LogP contribution in [0.1, 0.15) is 21.7 Å². The van der Waals surface area contributed by atoms with E-state index in [0.29, 0.717) is 17.8 Å². The first-order chi connectivity index (χ1) is 8.63. The monoisotopic (exact) mass is 245 g/mol. The van der Waals surface area contributed by atoms with Gasteiger partial charge in [0.2, 0.25) is 0 Å². The molecular formula is C13H15N3O2. The van der Waals surface area contributed by atoms with Crippen molar-refractivity contribution >= 4 is 5.91 Å². The highest BCUT2D eigenvalue weighted by Crippen LogP contribution is 2.08. The molecule has 1 heterocycles. The van der Waals surface area contributed by atoms with Crippen LogP contribution in [-0.2, 0) is 0 Å². The molecule has 0 fully saturated rings. The first-order valence-corrected chi connectivity index (χ1v) is 5.52. The number of carbonyl (C=O) groups is 1. The third-order valence-electron chi connectivity index (χ3n) is 2.43. The standard InChI is InChI=1S/C13H15N3O2/c1-3-6-16(7-8-17)13(18)12-5-4-11(9-14)10(2)15-12/h3-5,17H,1,6-8H2,2H3. The summed E-state index contributed by atoms with van der Waals surface area (Å²) in [5.41, 5.74) is 1.23. The summed E-state index contributed by atoms with van der Waals surface area (Å²) >= 11 is 0. The molecule has 0 radical (unpaired) electrons. The predicted molar refractivity (Wildman–Crippen MR) is 66.9 cm³/mol. The van der Waals surface area contributed by atoms with Crippen LogP contribution < -0.4 is 0 Å². The Hall–Kier alpha value is -2.19. The van der Waals surface area contributed by atoms with Gasteiger partial charge in [0, 0.05) is 13.1 Å². The molecule has 1 amide bonds. The summed E-state index contributed by atoms with van der Waals surface area (Å²) in [7, 11) is 0. The highest BCUT2D eigenvalue weighted by atomic mass is 16.3. The van der Waals surface area contributed by atoms with Gasteiger partial charge in [-0.2, -0.15) is 5.26 Å². The van der Waals surface area contributed by atoms with E-state index in [1.807, 2.05) is 6.07 Å². The third-order valence-corrected chi connectivity index (χ3v) is 2.43. The minimum absolute atomic E-state index is 0.116. The Morgan fingerprint density at radius 3 is 2.89 bits per heavy atom. The molecule has 1 rings (SSSR count). The quantitative estimate of drug-likeness (QED) is 0.781. The number of rotatable bonds is 5. The van der Waals surface area contributed by atoms with Crippen molar-refractivity contribution in [3.63, 3.8) is 0 Å². The summed E-state index contributed by atoms with van der Waals surface area (Å²) in [6, 6.07) is 5.08. The zero-order valence-corrected chi connectivity index (χ0v) is 10.3. The van der Waals surface area contributed by atoms with E-state index >= 15 is 0 Å². The molecule has 18 heavy (non-hydrogen) atoms. The molecule has 0 spiro atoms. The molecule has 0 unspecified atom stereocenters. The Balaban J connectivity index is 2.98. The Labute approximate surface area is 106 Å². The van der Waals surface area contributed by atoms with Crippen LogP contribution in [0.15, 0.2) is 24.8 Å². The number of pyridine rings is 1. The van der Waals surface area contributed by atoms with Crippen molar-refractivity contribution in [2.75, 3.05) is 19.7 Å². The number of hydrogen-bond acceptors (Lipinski definition) is 4. The van der Waals surface area contributed by atoms with Crippen LogP contribution in [0.5, 0.6) is 0 Å². The van der Waals surface area contributed by atoms with Gasteiger partial charge in [-0.3, -0.25) is 4.79 Å². The van der Waals surface area contributed by atoms with E-state index in [0.717, 1.165) is 0 Å². The SMILES string of the molecule is C=CCN(CCO)C(=O)c1ccc(C#N)c(C)n1. The molecular weight excluding hydrogens is 230 g/mol. The molecule has 5 nitrogen and oxygen atoms in total. The zero-order chi connectivity index (χ0) is 13.5. The van der Waals surface area contributed by atoms with Gasteiger partial charge in [0.25, 0.3) is 5.91 Å². The lowest BCUT2D eigenvalue weighted by molar-refractivity contribution is 0.0737. The van der Waals surface area contributed by atoms with Gasteiger partial charge < -0.3 is 10.0 Å². The molecule has 0 aliphatic heterocycles. The maximum atomic E-state index is 12.1. The summed E-state index contributed by atoms with van der Waals surface area (Å²) in [6.45, 7) is 5.70. The van der Waals surface area contributed by atoms with Crippen molar-refractivity contribution in [3.05, 3.63) is 41.7 Å². The van der Waals surface area contributed by atoms with Gasteiger partial charge >= 0.3 is 0 Å². The van der Waals surface area contributed by atoms with E-state index in [1.165, 1.54) is 11.0 Å². The number of amides is 1. The first kappa shape index (κ1) is 13.9. The highest BCUT2D eigenvalue weighted by molar-refractivity contribution is 5.92. The van der Waals surface area contributed by atoms with Gasteiger partial charge in [0.15, 0.2) is 0 Å². The minimum Gasteiger partial charge on any atom is -0.395 e. The van der Waals surface area contributed by atoms with Crippen molar-refractivity contribution in [2.45, 2.75) is 6.92 Å². The van der Waals surface area contributed by atoms with Crippen LogP contribution in [0.25, 0.3) is 0 Å². The summed E-state index contributed by atoms with van der Waals surface area (Å²) in [4.78, 5) is 17.6. The molecule has 1 aromatic heterocycles. The fraction of sp³-hybridized carbons (Fsp3) is 0.308. The lowest BCUT2D eigenvalue weighted by Gasteiger charge is -2.19. The maximum Gasteiger partial charge on any atom is 0.272 e. The van der Waals surface area contributed by atoms with Crippen LogP contribution in [0, 0.1) is 18.3 Å². The number of nitriles is 1. The van der Waals surface area contributed by atoms with Gasteiger partial charge in [-0.25, -0.2) is 4.98 Å². The Morgan fingerprint density at radius 2 is 2.39 bits per heavy atom. The number of aryl methyl sites for hydroxylation is 1. The summed E-state index contributed by atoms with van der Waals surface area (Å²) in [5, 5.41) is 17.7. The van der Waals surface area contributed by atoms with Crippen molar-refractivity contribution in [2.24, 2.45) is 0 Å². The smallest absolute Gasteiger partial charge is 0.272 e. The topological polar surface area (TPSA) is 77.2 Å². The summed E-state index contributed by atoms with van der Waals surface area (Å²) in [5.74, 6) is -0.281. The third kappa shape index (κ3) is 3.15. The second-order valence-corrected chi connectivity index (χ2v) is 3.70. The molecule has 94 valence electrons. The number of nitrogens with zero attached hydrogens (tertiary/aromatic N) is 3. The number of aliphatic hydroxyl groups excluding tert-OH is 1. The molecule has 0 aliphatic rings. The van der Waals surface area contributed by atoms with Gasteiger partial charge in [-0.1, -0.05) is 6.08 Å². The number of aliphatic hydroxyl groups is 1. The Bertz CT molecular complexity index is 491. The lowest BCUT2D eigenvalue weighted by Crippen LogP contribution is -2.34. The van der Waals surface area contributed by atoms with E-state index in [1.54, 1.807) is 19.1 Å². The number of hydrogen-bond donors (Lipinski definition) is 1. The van der Waals surface area contributed by atoms with Crippen molar-refractivity contribution in [3.8, 4) is 6.07 Å².